The van der Waals surface area contributed by atoms with Gasteiger partial charge >= 0.3 is 0 Å². The van der Waals surface area contributed by atoms with Crippen LogP contribution in [0.1, 0.15) is 0 Å². The van der Waals surface area contributed by atoms with Crippen molar-refractivity contribution in [1.82, 2.24) is 0 Å². The average molecular weight is 341 g/mol. The first kappa shape index (κ1) is 16.3. The Kier molecular flexibility index (Phi) is 4.43. The molecule has 0 atom stereocenters. The van der Waals surface area contributed by atoms with Crippen LogP contribution in [0.2, 0.25) is 0 Å². The highest BCUT2D eigenvalue weighted by molar-refractivity contribution is 7.92. The highest BCUT2D eigenvalue weighted by atomic mass is 32.2. The second-order valence-corrected chi connectivity index (χ2v) is 8.28. The number of hydrogen-bond acceptors (Lipinski definition) is 5. The molecule has 0 aromatic heterocycles. The van der Waals surface area contributed by atoms with Gasteiger partial charge in [-0.3, -0.25) is 4.72 Å². The van der Waals surface area contributed by atoms with Crippen molar-refractivity contribution < 1.29 is 21.6 Å². The van der Waals surface area contributed by atoms with E-state index >= 15 is 0 Å². The van der Waals surface area contributed by atoms with Crippen LogP contribution >= 0.6 is 0 Å². The van der Waals surface area contributed by atoms with Gasteiger partial charge in [0.25, 0.3) is 10.0 Å². The van der Waals surface area contributed by atoms with Gasteiger partial charge in [-0.15, -0.1) is 0 Å². The van der Waals surface area contributed by atoms with Crippen LogP contribution in [-0.2, 0) is 19.9 Å². The second-order valence-electron chi connectivity index (χ2n) is 4.58. The molecule has 0 unspecified atom stereocenters. The normalized spacial score (nSPS) is 11.9. The van der Waals surface area contributed by atoms with Gasteiger partial charge in [0.1, 0.15) is 5.75 Å². The van der Waals surface area contributed by atoms with Gasteiger partial charge in [-0.25, -0.2) is 16.8 Å². The van der Waals surface area contributed by atoms with E-state index in [1.807, 2.05) is 0 Å². The highest BCUT2D eigenvalue weighted by Gasteiger charge is 2.15. The summed E-state index contributed by atoms with van der Waals surface area (Å²) in [5, 5.41) is 0. The van der Waals surface area contributed by atoms with Crippen LogP contribution in [0.5, 0.6) is 5.75 Å². The Morgan fingerprint density at radius 1 is 0.818 bits per heavy atom. The van der Waals surface area contributed by atoms with Crippen molar-refractivity contribution >= 4 is 25.5 Å². The number of anilines is 1. The van der Waals surface area contributed by atoms with Crippen molar-refractivity contribution in [2.75, 3.05) is 18.1 Å². The monoisotopic (exact) mass is 341 g/mol. The Morgan fingerprint density at radius 3 is 1.77 bits per heavy atom. The van der Waals surface area contributed by atoms with Crippen LogP contribution in [-0.4, -0.2) is 30.2 Å². The molecule has 0 amide bonds. The number of rotatable bonds is 5. The van der Waals surface area contributed by atoms with Crippen LogP contribution in [0, 0.1) is 0 Å². The molecule has 0 aliphatic heterocycles. The third kappa shape index (κ3) is 3.77. The van der Waals surface area contributed by atoms with Crippen molar-refractivity contribution in [3.05, 3.63) is 48.5 Å². The van der Waals surface area contributed by atoms with Crippen molar-refractivity contribution in [3.8, 4) is 5.75 Å². The summed E-state index contributed by atoms with van der Waals surface area (Å²) in [6, 6.07) is 11.4. The number of sulfone groups is 1. The van der Waals surface area contributed by atoms with Crippen LogP contribution in [0.4, 0.5) is 5.69 Å². The zero-order valence-electron chi connectivity index (χ0n) is 12.0. The maximum atomic E-state index is 12.2. The minimum absolute atomic E-state index is 0.0838. The second kappa shape index (κ2) is 5.98. The molecule has 0 aliphatic carbocycles. The third-order valence-electron chi connectivity index (χ3n) is 2.90. The maximum Gasteiger partial charge on any atom is 0.261 e. The lowest BCUT2D eigenvalue weighted by molar-refractivity contribution is 0.414. The SMILES string of the molecule is COc1ccc(S(=O)(=O)Nc2ccc(S(C)(=O)=O)cc2)cc1. The van der Waals surface area contributed by atoms with Gasteiger partial charge in [0, 0.05) is 11.9 Å². The lowest BCUT2D eigenvalue weighted by Gasteiger charge is -2.09. The van der Waals surface area contributed by atoms with Gasteiger partial charge in [-0.1, -0.05) is 0 Å². The summed E-state index contributed by atoms with van der Waals surface area (Å²) >= 11 is 0. The number of hydrogen-bond donors (Lipinski definition) is 1. The van der Waals surface area contributed by atoms with E-state index in [-0.39, 0.29) is 15.5 Å². The fourth-order valence-corrected chi connectivity index (χ4v) is 3.43. The Hall–Kier alpha value is -2.06. The van der Waals surface area contributed by atoms with E-state index in [0.29, 0.717) is 5.75 Å². The molecule has 0 aliphatic rings. The summed E-state index contributed by atoms with van der Waals surface area (Å²) in [6.45, 7) is 0. The summed E-state index contributed by atoms with van der Waals surface area (Å²) in [5.74, 6) is 0.552. The van der Waals surface area contributed by atoms with Crippen LogP contribution in [0.3, 0.4) is 0 Å². The molecule has 6 nitrogen and oxygen atoms in total. The molecule has 22 heavy (non-hydrogen) atoms. The molecule has 2 rings (SSSR count). The molecule has 2 aromatic carbocycles. The van der Waals surface area contributed by atoms with E-state index in [2.05, 4.69) is 4.72 Å². The van der Waals surface area contributed by atoms with Gasteiger partial charge in [-0.2, -0.15) is 0 Å². The van der Waals surface area contributed by atoms with Crippen molar-refractivity contribution in [3.63, 3.8) is 0 Å². The quantitative estimate of drug-likeness (QED) is 0.897. The van der Waals surface area contributed by atoms with Crippen LogP contribution in [0.15, 0.2) is 58.3 Å². The molecule has 0 bridgehead atoms. The van der Waals surface area contributed by atoms with Crippen molar-refractivity contribution in [2.24, 2.45) is 0 Å². The molecule has 0 heterocycles. The lowest BCUT2D eigenvalue weighted by Crippen LogP contribution is -2.13. The summed E-state index contributed by atoms with van der Waals surface area (Å²) in [7, 11) is -5.56. The molecule has 8 heteroatoms. The Bertz CT molecular complexity index is 854. The summed E-state index contributed by atoms with van der Waals surface area (Å²) in [5.41, 5.74) is 0.281. The van der Waals surface area contributed by atoms with E-state index in [0.717, 1.165) is 6.26 Å². The van der Waals surface area contributed by atoms with E-state index < -0.39 is 19.9 Å². The molecular weight excluding hydrogens is 326 g/mol. The van der Waals surface area contributed by atoms with Crippen LogP contribution in [0.25, 0.3) is 0 Å². The first-order valence-corrected chi connectivity index (χ1v) is 9.57. The minimum Gasteiger partial charge on any atom is -0.497 e. The largest absolute Gasteiger partial charge is 0.497 e. The first-order chi connectivity index (χ1) is 10.2. The summed E-state index contributed by atoms with van der Waals surface area (Å²) in [6.07, 6.45) is 1.09. The molecular formula is C14H15NO5S2. The third-order valence-corrected chi connectivity index (χ3v) is 5.43. The van der Waals surface area contributed by atoms with Gasteiger partial charge in [0.15, 0.2) is 9.84 Å². The molecule has 0 saturated heterocycles. The highest BCUT2D eigenvalue weighted by Crippen LogP contribution is 2.20. The van der Waals surface area contributed by atoms with E-state index in [1.165, 1.54) is 43.5 Å². The number of nitrogens with one attached hydrogen (secondary N) is 1. The molecule has 2 aromatic rings. The van der Waals surface area contributed by atoms with Crippen LogP contribution < -0.4 is 9.46 Å². The number of benzene rings is 2. The molecule has 0 fully saturated rings. The number of ether oxygens (including phenoxy) is 1. The molecule has 0 saturated carbocycles. The zero-order chi connectivity index (χ0) is 16.4. The molecule has 0 radical (unpaired) electrons. The van der Waals surface area contributed by atoms with E-state index in [9.17, 15) is 16.8 Å². The fourth-order valence-electron chi connectivity index (χ4n) is 1.74. The van der Waals surface area contributed by atoms with E-state index in [4.69, 9.17) is 4.74 Å². The van der Waals surface area contributed by atoms with Gasteiger partial charge < -0.3 is 4.74 Å². The van der Waals surface area contributed by atoms with Gasteiger partial charge in [-0.05, 0) is 48.5 Å². The predicted molar refractivity (Wildman–Crippen MR) is 83.4 cm³/mol. The van der Waals surface area contributed by atoms with Gasteiger partial charge in [0.2, 0.25) is 0 Å². The molecule has 1 N–H and O–H groups in total. The van der Waals surface area contributed by atoms with Gasteiger partial charge in [0.05, 0.1) is 16.9 Å². The summed E-state index contributed by atoms with van der Waals surface area (Å²) < 4.78 is 54.5. The van der Waals surface area contributed by atoms with E-state index in [1.54, 1.807) is 12.1 Å². The average Bonchev–Trinajstić information content (AvgIpc) is 2.46. The number of methoxy groups -OCH3 is 1. The lowest BCUT2D eigenvalue weighted by atomic mass is 10.3. The smallest absolute Gasteiger partial charge is 0.261 e. The Labute approximate surface area is 129 Å². The molecule has 0 spiro atoms. The minimum atomic E-state index is -3.74. The first-order valence-electron chi connectivity index (χ1n) is 6.19. The standard InChI is InChI=1S/C14H15NO5S2/c1-20-12-5-9-14(10-6-12)22(18,19)15-11-3-7-13(8-4-11)21(2,16)17/h3-10,15H,1-2H3. The fraction of sp³-hybridized carbons (Fsp3) is 0.143. The predicted octanol–water partition coefficient (Wildman–Crippen LogP) is 1.90. The maximum absolute atomic E-state index is 12.2. The molecule has 118 valence electrons. The zero-order valence-corrected chi connectivity index (χ0v) is 13.6. The van der Waals surface area contributed by atoms with Crippen molar-refractivity contribution in [1.29, 1.82) is 0 Å². The number of sulfonamides is 1. The Morgan fingerprint density at radius 2 is 1.32 bits per heavy atom. The van der Waals surface area contributed by atoms with Crippen molar-refractivity contribution in [2.45, 2.75) is 9.79 Å². The Balaban J connectivity index is 2.24. The summed E-state index contributed by atoms with van der Waals surface area (Å²) in [4.78, 5) is 0.209. The topological polar surface area (TPSA) is 89.5 Å².